The van der Waals surface area contributed by atoms with E-state index in [0.29, 0.717) is 12.1 Å². The third kappa shape index (κ3) is 5.66. The zero-order valence-electron chi connectivity index (χ0n) is 11.0. The maximum atomic E-state index is 3.68. The second kappa shape index (κ2) is 7.08. The van der Waals surface area contributed by atoms with E-state index in [0.717, 1.165) is 12.3 Å². The molecule has 0 bridgehead atoms. The Balaban J connectivity index is 2.20. The van der Waals surface area contributed by atoms with Crippen LogP contribution in [-0.2, 0) is 6.42 Å². The SMILES string of the molecule is CC(C)CCC(C)NC(C)Cc1cccs1. The largest absolute Gasteiger partial charge is 0.311 e. The summed E-state index contributed by atoms with van der Waals surface area (Å²) < 4.78 is 0. The lowest BCUT2D eigenvalue weighted by atomic mass is 10.0. The van der Waals surface area contributed by atoms with Crippen molar-refractivity contribution in [3.8, 4) is 0 Å². The van der Waals surface area contributed by atoms with Gasteiger partial charge in [0.05, 0.1) is 0 Å². The smallest absolute Gasteiger partial charge is 0.00894 e. The van der Waals surface area contributed by atoms with Crippen molar-refractivity contribution >= 4 is 11.3 Å². The van der Waals surface area contributed by atoms with Crippen LogP contribution in [0.15, 0.2) is 17.5 Å². The van der Waals surface area contributed by atoms with Crippen LogP contribution in [-0.4, -0.2) is 12.1 Å². The fourth-order valence-electron chi connectivity index (χ4n) is 1.94. The van der Waals surface area contributed by atoms with Crippen molar-refractivity contribution in [2.45, 2.75) is 59.0 Å². The number of nitrogens with one attached hydrogen (secondary N) is 1. The Kier molecular flexibility index (Phi) is 6.07. The van der Waals surface area contributed by atoms with Gasteiger partial charge in [0.25, 0.3) is 0 Å². The molecule has 0 fully saturated rings. The molecule has 0 aliphatic heterocycles. The van der Waals surface area contributed by atoms with Crippen LogP contribution < -0.4 is 5.32 Å². The monoisotopic (exact) mass is 239 g/mol. The first-order valence-electron chi connectivity index (χ1n) is 6.36. The van der Waals surface area contributed by atoms with Crippen molar-refractivity contribution in [1.29, 1.82) is 0 Å². The molecule has 0 radical (unpaired) electrons. The van der Waals surface area contributed by atoms with Crippen molar-refractivity contribution in [3.05, 3.63) is 22.4 Å². The molecule has 0 spiro atoms. The molecular weight excluding hydrogens is 214 g/mol. The van der Waals surface area contributed by atoms with Crippen LogP contribution in [0.1, 0.15) is 45.4 Å². The van der Waals surface area contributed by atoms with Crippen LogP contribution >= 0.6 is 11.3 Å². The van der Waals surface area contributed by atoms with Gasteiger partial charge in [0.15, 0.2) is 0 Å². The zero-order chi connectivity index (χ0) is 12.0. The maximum Gasteiger partial charge on any atom is 0.00894 e. The molecule has 0 aromatic carbocycles. The third-order valence-electron chi connectivity index (χ3n) is 2.83. The van der Waals surface area contributed by atoms with Gasteiger partial charge in [0.1, 0.15) is 0 Å². The van der Waals surface area contributed by atoms with Gasteiger partial charge in [0.2, 0.25) is 0 Å². The summed E-state index contributed by atoms with van der Waals surface area (Å²) in [5.74, 6) is 0.817. The Morgan fingerprint density at radius 2 is 1.88 bits per heavy atom. The van der Waals surface area contributed by atoms with E-state index in [2.05, 4.69) is 50.5 Å². The summed E-state index contributed by atoms with van der Waals surface area (Å²) in [5.41, 5.74) is 0. The first kappa shape index (κ1) is 13.7. The average Bonchev–Trinajstić information content (AvgIpc) is 2.67. The van der Waals surface area contributed by atoms with Crippen molar-refractivity contribution in [1.82, 2.24) is 5.32 Å². The fraction of sp³-hybridized carbons (Fsp3) is 0.714. The van der Waals surface area contributed by atoms with E-state index in [1.54, 1.807) is 0 Å². The standard InChI is InChI=1S/C14H25NS/c1-11(2)7-8-12(3)15-13(4)10-14-6-5-9-16-14/h5-6,9,11-13,15H,7-8,10H2,1-4H3. The summed E-state index contributed by atoms with van der Waals surface area (Å²) in [4.78, 5) is 1.48. The van der Waals surface area contributed by atoms with Crippen molar-refractivity contribution < 1.29 is 0 Å². The van der Waals surface area contributed by atoms with Gasteiger partial charge in [-0.3, -0.25) is 0 Å². The quantitative estimate of drug-likeness (QED) is 0.755. The van der Waals surface area contributed by atoms with Crippen LogP contribution in [0.4, 0.5) is 0 Å². The minimum atomic E-state index is 0.584. The Morgan fingerprint density at radius 1 is 1.12 bits per heavy atom. The lowest BCUT2D eigenvalue weighted by molar-refractivity contribution is 0.411. The van der Waals surface area contributed by atoms with Crippen LogP contribution in [0.2, 0.25) is 0 Å². The van der Waals surface area contributed by atoms with E-state index in [9.17, 15) is 0 Å². The Bertz CT molecular complexity index is 266. The molecule has 0 saturated heterocycles. The highest BCUT2D eigenvalue weighted by Gasteiger charge is 2.09. The van der Waals surface area contributed by atoms with E-state index in [1.165, 1.54) is 17.7 Å². The van der Waals surface area contributed by atoms with Crippen LogP contribution in [0.5, 0.6) is 0 Å². The van der Waals surface area contributed by atoms with Gasteiger partial charge in [-0.15, -0.1) is 11.3 Å². The first-order valence-corrected chi connectivity index (χ1v) is 7.24. The normalized spacial score (nSPS) is 15.3. The fourth-order valence-corrected chi connectivity index (χ4v) is 2.78. The minimum absolute atomic E-state index is 0.584. The van der Waals surface area contributed by atoms with Crippen LogP contribution in [0.3, 0.4) is 0 Å². The third-order valence-corrected chi connectivity index (χ3v) is 3.73. The van der Waals surface area contributed by atoms with Crippen molar-refractivity contribution in [3.63, 3.8) is 0 Å². The predicted octanol–water partition coefficient (Wildman–Crippen LogP) is 4.09. The second-order valence-electron chi connectivity index (χ2n) is 5.22. The van der Waals surface area contributed by atoms with E-state index >= 15 is 0 Å². The maximum absolute atomic E-state index is 3.68. The molecule has 1 rings (SSSR count). The molecule has 0 amide bonds. The van der Waals surface area contributed by atoms with Gasteiger partial charge in [-0.1, -0.05) is 19.9 Å². The van der Waals surface area contributed by atoms with Gasteiger partial charge < -0.3 is 5.32 Å². The summed E-state index contributed by atoms with van der Waals surface area (Å²) in [6, 6.07) is 5.58. The number of thiophene rings is 1. The topological polar surface area (TPSA) is 12.0 Å². The minimum Gasteiger partial charge on any atom is -0.311 e. The molecule has 2 atom stereocenters. The lowest BCUT2D eigenvalue weighted by Crippen LogP contribution is -2.35. The van der Waals surface area contributed by atoms with Gasteiger partial charge in [-0.05, 0) is 50.5 Å². The van der Waals surface area contributed by atoms with Crippen LogP contribution in [0, 0.1) is 5.92 Å². The molecule has 0 aliphatic carbocycles. The van der Waals surface area contributed by atoms with Gasteiger partial charge in [0, 0.05) is 17.0 Å². The number of hydrogen-bond donors (Lipinski definition) is 1. The molecule has 0 saturated carbocycles. The molecule has 92 valence electrons. The average molecular weight is 239 g/mol. The summed E-state index contributed by atoms with van der Waals surface area (Å²) in [6.45, 7) is 9.17. The summed E-state index contributed by atoms with van der Waals surface area (Å²) >= 11 is 1.86. The molecule has 1 aromatic rings. The van der Waals surface area contributed by atoms with Gasteiger partial charge in [-0.2, -0.15) is 0 Å². The molecule has 1 aromatic heterocycles. The van der Waals surface area contributed by atoms with E-state index in [1.807, 2.05) is 11.3 Å². The molecule has 16 heavy (non-hydrogen) atoms. The highest BCUT2D eigenvalue weighted by molar-refractivity contribution is 7.09. The summed E-state index contributed by atoms with van der Waals surface area (Å²) in [6.07, 6.45) is 3.76. The molecule has 1 heterocycles. The van der Waals surface area contributed by atoms with E-state index in [4.69, 9.17) is 0 Å². The number of hydrogen-bond acceptors (Lipinski definition) is 2. The Labute approximate surface area is 104 Å². The summed E-state index contributed by atoms with van der Waals surface area (Å²) in [7, 11) is 0. The lowest BCUT2D eigenvalue weighted by Gasteiger charge is -2.20. The Hall–Kier alpha value is -0.340. The molecular formula is C14H25NS. The van der Waals surface area contributed by atoms with Gasteiger partial charge >= 0.3 is 0 Å². The van der Waals surface area contributed by atoms with Crippen molar-refractivity contribution in [2.24, 2.45) is 5.92 Å². The van der Waals surface area contributed by atoms with E-state index in [-0.39, 0.29) is 0 Å². The highest BCUT2D eigenvalue weighted by Crippen LogP contribution is 2.12. The van der Waals surface area contributed by atoms with Crippen LogP contribution in [0.25, 0.3) is 0 Å². The first-order chi connectivity index (χ1) is 7.58. The molecule has 0 aliphatic rings. The molecule has 2 heteroatoms. The summed E-state index contributed by atoms with van der Waals surface area (Å²) in [5, 5.41) is 5.84. The highest BCUT2D eigenvalue weighted by atomic mass is 32.1. The van der Waals surface area contributed by atoms with E-state index < -0.39 is 0 Å². The van der Waals surface area contributed by atoms with Gasteiger partial charge in [-0.25, -0.2) is 0 Å². The predicted molar refractivity (Wildman–Crippen MR) is 74.2 cm³/mol. The number of rotatable bonds is 7. The molecule has 1 N–H and O–H groups in total. The molecule has 1 nitrogen and oxygen atoms in total. The molecule has 2 unspecified atom stereocenters. The van der Waals surface area contributed by atoms with Crippen molar-refractivity contribution in [2.75, 3.05) is 0 Å². The zero-order valence-corrected chi connectivity index (χ0v) is 11.8. The second-order valence-corrected chi connectivity index (χ2v) is 6.26. The Morgan fingerprint density at radius 3 is 2.44 bits per heavy atom.